The van der Waals surface area contributed by atoms with Crippen LogP contribution < -0.4 is 10.5 Å². The zero-order chi connectivity index (χ0) is 14.3. The van der Waals surface area contributed by atoms with E-state index in [1.54, 1.807) is 7.11 Å². The number of aliphatic carboxylic acids is 1. The second-order valence-corrected chi connectivity index (χ2v) is 4.84. The SMILES string of the molecule is COc1ccc(C)cc1CC(CCCCN)C(=O)O. The Bertz CT molecular complexity index is 418. The maximum atomic E-state index is 11.3. The van der Waals surface area contributed by atoms with Crippen LogP contribution >= 0.6 is 0 Å². The Labute approximate surface area is 114 Å². The van der Waals surface area contributed by atoms with Crippen molar-refractivity contribution in [2.75, 3.05) is 13.7 Å². The summed E-state index contributed by atoms with van der Waals surface area (Å²) < 4.78 is 5.29. The van der Waals surface area contributed by atoms with Gasteiger partial charge in [0, 0.05) is 0 Å². The Morgan fingerprint density at radius 2 is 2.16 bits per heavy atom. The molecule has 0 radical (unpaired) electrons. The molecule has 0 fully saturated rings. The Kier molecular flexibility index (Phi) is 6.36. The van der Waals surface area contributed by atoms with Crippen LogP contribution in [0.15, 0.2) is 18.2 Å². The van der Waals surface area contributed by atoms with E-state index in [2.05, 4.69) is 0 Å². The molecule has 106 valence electrons. The topological polar surface area (TPSA) is 72.5 Å². The summed E-state index contributed by atoms with van der Waals surface area (Å²) in [6.45, 7) is 2.60. The highest BCUT2D eigenvalue weighted by atomic mass is 16.5. The summed E-state index contributed by atoms with van der Waals surface area (Å²) in [6, 6.07) is 5.85. The second-order valence-electron chi connectivity index (χ2n) is 4.84. The van der Waals surface area contributed by atoms with Crippen molar-refractivity contribution in [3.63, 3.8) is 0 Å². The van der Waals surface area contributed by atoms with Gasteiger partial charge in [0.15, 0.2) is 0 Å². The van der Waals surface area contributed by atoms with E-state index >= 15 is 0 Å². The van der Waals surface area contributed by atoms with Gasteiger partial charge in [-0.2, -0.15) is 0 Å². The minimum absolute atomic E-state index is 0.373. The van der Waals surface area contributed by atoms with Crippen molar-refractivity contribution in [1.29, 1.82) is 0 Å². The van der Waals surface area contributed by atoms with Crippen LogP contribution in [-0.2, 0) is 11.2 Å². The van der Waals surface area contributed by atoms with E-state index in [1.165, 1.54) is 0 Å². The first-order valence-corrected chi connectivity index (χ1v) is 6.65. The average Bonchev–Trinajstić information content (AvgIpc) is 2.38. The second kappa shape index (κ2) is 7.79. The van der Waals surface area contributed by atoms with E-state index < -0.39 is 5.97 Å². The van der Waals surface area contributed by atoms with Crippen molar-refractivity contribution in [3.05, 3.63) is 29.3 Å². The van der Waals surface area contributed by atoms with Gasteiger partial charge in [-0.25, -0.2) is 0 Å². The van der Waals surface area contributed by atoms with Gasteiger partial charge in [0.25, 0.3) is 0 Å². The number of aryl methyl sites for hydroxylation is 1. The summed E-state index contributed by atoms with van der Waals surface area (Å²) in [5.41, 5.74) is 7.52. The molecule has 4 heteroatoms. The third-order valence-electron chi connectivity index (χ3n) is 3.26. The molecule has 1 rings (SSSR count). The lowest BCUT2D eigenvalue weighted by molar-refractivity contribution is -0.142. The van der Waals surface area contributed by atoms with Crippen LogP contribution in [0.4, 0.5) is 0 Å². The number of benzene rings is 1. The van der Waals surface area contributed by atoms with Gasteiger partial charge in [-0.05, 0) is 44.4 Å². The Balaban J connectivity index is 2.77. The van der Waals surface area contributed by atoms with Crippen LogP contribution in [0, 0.1) is 12.8 Å². The number of hydrogen-bond acceptors (Lipinski definition) is 3. The molecule has 0 spiro atoms. The molecule has 0 aliphatic rings. The zero-order valence-corrected chi connectivity index (χ0v) is 11.7. The van der Waals surface area contributed by atoms with Gasteiger partial charge in [-0.1, -0.05) is 24.1 Å². The fraction of sp³-hybridized carbons (Fsp3) is 0.533. The van der Waals surface area contributed by atoms with Gasteiger partial charge in [0.1, 0.15) is 5.75 Å². The molecule has 0 aromatic heterocycles. The lowest BCUT2D eigenvalue weighted by Crippen LogP contribution is -2.17. The van der Waals surface area contributed by atoms with Gasteiger partial charge >= 0.3 is 5.97 Å². The van der Waals surface area contributed by atoms with Crippen LogP contribution in [0.5, 0.6) is 5.75 Å². The lowest BCUT2D eigenvalue weighted by Gasteiger charge is -2.15. The smallest absolute Gasteiger partial charge is 0.306 e. The number of nitrogens with two attached hydrogens (primary N) is 1. The molecule has 0 saturated carbocycles. The van der Waals surface area contributed by atoms with Crippen LogP contribution in [0.25, 0.3) is 0 Å². The van der Waals surface area contributed by atoms with E-state index in [-0.39, 0.29) is 5.92 Å². The molecular weight excluding hydrogens is 242 g/mol. The molecule has 0 amide bonds. The number of carboxylic acid groups (broad SMARTS) is 1. The number of ether oxygens (including phenoxy) is 1. The summed E-state index contributed by atoms with van der Waals surface area (Å²) in [5, 5.41) is 9.29. The van der Waals surface area contributed by atoms with Crippen LogP contribution in [-0.4, -0.2) is 24.7 Å². The highest BCUT2D eigenvalue weighted by Gasteiger charge is 2.19. The maximum absolute atomic E-state index is 11.3. The van der Waals surface area contributed by atoms with E-state index in [4.69, 9.17) is 10.5 Å². The Morgan fingerprint density at radius 3 is 2.74 bits per heavy atom. The number of hydrogen-bond donors (Lipinski definition) is 2. The summed E-state index contributed by atoms with van der Waals surface area (Å²) >= 11 is 0. The third-order valence-corrected chi connectivity index (χ3v) is 3.26. The fourth-order valence-corrected chi connectivity index (χ4v) is 2.18. The van der Waals surface area contributed by atoms with Gasteiger partial charge in [0.2, 0.25) is 0 Å². The standard InChI is InChI=1S/C15H23NO3/c1-11-6-7-14(19-2)13(9-11)10-12(15(17)18)5-3-4-8-16/h6-7,9,12H,3-5,8,10,16H2,1-2H3,(H,17,18). The van der Waals surface area contributed by atoms with Crippen LogP contribution in [0.1, 0.15) is 30.4 Å². The van der Waals surface area contributed by atoms with Gasteiger partial charge in [-0.3, -0.25) is 4.79 Å². The zero-order valence-electron chi connectivity index (χ0n) is 11.7. The number of rotatable bonds is 8. The van der Waals surface area contributed by atoms with Crippen LogP contribution in [0.3, 0.4) is 0 Å². The van der Waals surface area contributed by atoms with E-state index in [1.807, 2.05) is 25.1 Å². The largest absolute Gasteiger partial charge is 0.496 e. The molecule has 1 atom stereocenters. The van der Waals surface area contributed by atoms with E-state index in [9.17, 15) is 9.90 Å². The molecule has 1 aromatic carbocycles. The number of methoxy groups -OCH3 is 1. The summed E-state index contributed by atoms with van der Waals surface area (Å²) in [6.07, 6.45) is 2.88. The molecule has 0 aliphatic carbocycles. The summed E-state index contributed by atoms with van der Waals surface area (Å²) in [5.74, 6) is -0.362. The van der Waals surface area contributed by atoms with Crippen LogP contribution in [0.2, 0.25) is 0 Å². The van der Waals surface area contributed by atoms with Crippen molar-refractivity contribution >= 4 is 5.97 Å². The molecule has 1 aromatic rings. The maximum Gasteiger partial charge on any atom is 0.306 e. The number of carbonyl (C=O) groups is 1. The molecule has 0 saturated heterocycles. The predicted molar refractivity (Wildman–Crippen MR) is 75.5 cm³/mol. The molecule has 19 heavy (non-hydrogen) atoms. The minimum atomic E-state index is -0.749. The van der Waals surface area contributed by atoms with E-state index in [0.717, 1.165) is 29.7 Å². The number of unbranched alkanes of at least 4 members (excludes halogenated alkanes) is 1. The van der Waals surface area contributed by atoms with Crippen molar-refractivity contribution in [3.8, 4) is 5.75 Å². The average molecular weight is 265 g/mol. The van der Waals surface area contributed by atoms with Crippen molar-refractivity contribution in [1.82, 2.24) is 0 Å². The van der Waals surface area contributed by atoms with E-state index in [0.29, 0.717) is 19.4 Å². The molecule has 0 bridgehead atoms. The highest BCUT2D eigenvalue weighted by molar-refractivity contribution is 5.70. The fourth-order valence-electron chi connectivity index (χ4n) is 2.18. The highest BCUT2D eigenvalue weighted by Crippen LogP contribution is 2.25. The molecule has 3 N–H and O–H groups in total. The summed E-state index contributed by atoms with van der Waals surface area (Å²) in [7, 11) is 1.61. The normalized spacial score (nSPS) is 12.2. The molecular formula is C15H23NO3. The van der Waals surface area contributed by atoms with Gasteiger partial charge < -0.3 is 15.6 Å². The molecule has 0 aliphatic heterocycles. The van der Waals surface area contributed by atoms with Gasteiger partial charge in [-0.15, -0.1) is 0 Å². The minimum Gasteiger partial charge on any atom is -0.496 e. The third kappa shape index (κ3) is 4.91. The quantitative estimate of drug-likeness (QED) is 0.708. The predicted octanol–water partition coefficient (Wildman–Crippen LogP) is 2.38. The first kappa shape index (κ1) is 15.5. The number of carboxylic acids is 1. The van der Waals surface area contributed by atoms with Crippen molar-refractivity contribution < 1.29 is 14.6 Å². The molecule has 0 heterocycles. The van der Waals surface area contributed by atoms with Crippen molar-refractivity contribution in [2.24, 2.45) is 11.7 Å². The first-order valence-electron chi connectivity index (χ1n) is 6.65. The Morgan fingerprint density at radius 1 is 1.42 bits per heavy atom. The molecule has 4 nitrogen and oxygen atoms in total. The Hall–Kier alpha value is -1.55. The molecule has 1 unspecified atom stereocenters. The lowest BCUT2D eigenvalue weighted by atomic mass is 9.93. The van der Waals surface area contributed by atoms with Crippen molar-refractivity contribution in [2.45, 2.75) is 32.6 Å². The monoisotopic (exact) mass is 265 g/mol. The van der Waals surface area contributed by atoms with Gasteiger partial charge in [0.05, 0.1) is 13.0 Å². The summed E-state index contributed by atoms with van der Waals surface area (Å²) in [4.78, 5) is 11.3. The first-order chi connectivity index (χ1) is 9.08.